The third-order valence-corrected chi connectivity index (χ3v) is 6.63. The molecule has 7 nitrogen and oxygen atoms in total. The van der Waals surface area contributed by atoms with Crippen molar-refractivity contribution in [1.29, 1.82) is 0 Å². The first-order valence-corrected chi connectivity index (χ1v) is 11.2. The molecule has 150 valence electrons. The van der Waals surface area contributed by atoms with Crippen LogP contribution in [0.5, 0.6) is 0 Å². The molecule has 0 bridgehead atoms. The summed E-state index contributed by atoms with van der Waals surface area (Å²) >= 11 is 2.97. The molecule has 0 spiro atoms. The molecule has 0 unspecified atom stereocenters. The van der Waals surface area contributed by atoms with E-state index in [0.717, 1.165) is 32.2 Å². The minimum absolute atomic E-state index is 0.116. The Labute approximate surface area is 180 Å². The number of thioether (sulfide) groups is 1. The lowest BCUT2D eigenvalue weighted by Gasteiger charge is -2.02. The molecule has 4 heterocycles. The lowest BCUT2D eigenvalue weighted by molar-refractivity contribution is 0.842. The summed E-state index contributed by atoms with van der Waals surface area (Å²) in [4.78, 5) is 31.3. The highest BCUT2D eigenvalue weighted by atomic mass is 32.2. The van der Waals surface area contributed by atoms with Crippen molar-refractivity contribution in [3.8, 4) is 11.1 Å². The van der Waals surface area contributed by atoms with Crippen molar-refractivity contribution in [3.05, 3.63) is 68.8 Å². The molecule has 9 heteroatoms. The predicted octanol–water partition coefficient (Wildman–Crippen LogP) is 4.31. The molecule has 4 aromatic heterocycles. The summed E-state index contributed by atoms with van der Waals surface area (Å²) in [5.74, 6) is 1.66. The molecule has 5 aromatic rings. The topological polar surface area (TPSA) is 88.8 Å². The number of nitrogens with one attached hydrogen (secondary N) is 1. The second-order valence-corrected chi connectivity index (χ2v) is 9.17. The lowest BCUT2D eigenvalue weighted by Crippen LogP contribution is -2.10. The van der Waals surface area contributed by atoms with Gasteiger partial charge < -0.3 is 4.98 Å². The third kappa shape index (κ3) is 3.29. The van der Waals surface area contributed by atoms with Crippen LogP contribution in [0.15, 0.2) is 46.3 Å². The number of fused-ring (bicyclic) bond motifs is 2. The normalized spacial score (nSPS) is 11.6. The van der Waals surface area contributed by atoms with Crippen molar-refractivity contribution >= 4 is 39.1 Å². The van der Waals surface area contributed by atoms with Crippen LogP contribution in [0.25, 0.3) is 27.1 Å². The zero-order chi connectivity index (χ0) is 20.8. The van der Waals surface area contributed by atoms with Gasteiger partial charge in [0, 0.05) is 21.8 Å². The number of H-pyrrole nitrogens is 1. The average molecular weight is 435 g/mol. The maximum absolute atomic E-state index is 12.9. The highest BCUT2D eigenvalue weighted by Gasteiger charge is 2.17. The molecule has 0 fully saturated rings. The van der Waals surface area contributed by atoms with Crippen LogP contribution in [-0.2, 0) is 5.75 Å². The van der Waals surface area contributed by atoms with Gasteiger partial charge in [0.1, 0.15) is 10.7 Å². The number of benzene rings is 1. The number of aryl methyl sites for hydroxylation is 3. The molecule has 30 heavy (non-hydrogen) atoms. The van der Waals surface area contributed by atoms with Crippen LogP contribution < -0.4 is 5.56 Å². The van der Waals surface area contributed by atoms with Crippen LogP contribution in [-0.4, -0.2) is 29.5 Å². The Morgan fingerprint density at radius 3 is 2.70 bits per heavy atom. The van der Waals surface area contributed by atoms with Crippen molar-refractivity contribution < 1.29 is 0 Å². The Kier molecular flexibility index (Phi) is 4.63. The van der Waals surface area contributed by atoms with E-state index in [1.807, 2.05) is 57.2 Å². The molecule has 0 saturated heterocycles. The second-order valence-electron chi connectivity index (χ2n) is 7.03. The van der Waals surface area contributed by atoms with Gasteiger partial charge in [-0.3, -0.25) is 4.79 Å². The minimum atomic E-state index is -0.116. The Morgan fingerprint density at radius 2 is 1.90 bits per heavy atom. The van der Waals surface area contributed by atoms with Gasteiger partial charge in [0.2, 0.25) is 5.16 Å². The van der Waals surface area contributed by atoms with Gasteiger partial charge in [-0.1, -0.05) is 42.1 Å². The number of hydrogen-bond acceptors (Lipinski definition) is 7. The quantitative estimate of drug-likeness (QED) is 0.424. The van der Waals surface area contributed by atoms with Gasteiger partial charge in [0.05, 0.1) is 11.1 Å². The predicted molar refractivity (Wildman–Crippen MR) is 120 cm³/mol. The van der Waals surface area contributed by atoms with E-state index in [2.05, 4.69) is 20.1 Å². The average Bonchev–Trinajstić information content (AvgIpc) is 3.27. The Bertz CT molecular complexity index is 1450. The Hall–Kier alpha value is -3.04. The van der Waals surface area contributed by atoms with E-state index in [-0.39, 0.29) is 5.56 Å². The first-order valence-electron chi connectivity index (χ1n) is 9.41. The third-order valence-electron chi connectivity index (χ3n) is 4.79. The summed E-state index contributed by atoms with van der Waals surface area (Å²) in [5, 5.41) is 5.75. The van der Waals surface area contributed by atoms with Crippen molar-refractivity contribution in [2.45, 2.75) is 31.7 Å². The first kappa shape index (κ1) is 19.0. The molecule has 1 aromatic carbocycles. The van der Waals surface area contributed by atoms with Crippen LogP contribution in [0.3, 0.4) is 0 Å². The van der Waals surface area contributed by atoms with Crippen LogP contribution in [0.2, 0.25) is 0 Å². The Morgan fingerprint density at radius 1 is 1.10 bits per heavy atom. The molecule has 0 saturated carbocycles. The van der Waals surface area contributed by atoms with Crippen LogP contribution in [0, 0.1) is 20.8 Å². The molecule has 1 N–H and O–H groups in total. The van der Waals surface area contributed by atoms with Crippen LogP contribution in [0.1, 0.15) is 22.1 Å². The minimum Gasteiger partial charge on any atom is -0.309 e. The fourth-order valence-corrected chi connectivity index (χ4v) is 5.28. The number of aromatic nitrogens is 6. The van der Waals surface area contributed by atoms with Gasteiger partial charge in [0.25, 0.3) is 11.3 Å². The fourth-order valence-electron chi connectivity index (χ4n) is 3.53. The molecule has 0 aliphatic carbocycles. The van der Waals surface area contributed by atoms with Gasteiger partial charge in [-0.05, 0) is 32.4 Å². The largest absolute Gasteiger partial charge is 0.309 e. The fraction of sp³-hybridized carbons (Fsp3) is 0.190. The first-order chi connectivity index (χ1) is 14.5. The number of thiophene rings is 1. The number of hydrogen-bond donors (Lipinski definition) is 1. The molecule has 0 aliphatic rings. The van der Waals surface area contributed by atoms with Crippen LogP contribution in [0.4, 0.5) is 0 Å². The van der Waals surface area contributed by atoms with E-state index in [4.69, 9.17) is 4.98 Å². The molecular formula is C21H18N6OS2. The van der Waals surface area contributed by atoms with Gasteiger partial charge in [-0.15, -0.1) is 16.4 Å². The summed E-state index contributed by atoms with van der Waals surface area (Å²) in [7, 11) is 0. The van der Waals surface area contributed by atoms with Crippen molar-refractivity contribution in [3.63, 3.8) is 0 Å². The summed E-state index contributed by atoms with van der Waals surface area (Å²) in [5.41, 5.74) is 3.76. The van der Waals surface area contributed by atoms with E-state index < -0.39 is 0 Å². The van der Waals surface area contributed by atoms with Crippen molar-refractivity contribution in [1.82, 2.24) is 29.5 Å². The zero-order valence-corrected chi connectivity index (χ0v) is 18.3. The standard InChI is InChI=1S/C21H18N6OS2/c1-11-9-12(2)27-20(22-11)25-21(26-27)29-10-15-23-18(28)17-16(13(3)30-19(17)24-15)14-7-5-4-6-8-14/h4-9H,10H2,1-3H3,(H,23,24,28). The maximum Gasteiger partial charge on any atom is 0.260 e. The highest BCUT2D eigenvalue weighted by molar-refractivity contribution is 7.98. The SMILES string of the molecule is Cc1cc(C)n2nc(SCc3nc4sc(C)c(-c5ccccc5)c4c(=O)[nH]3)nc2n1. The lowest BCUT2D eigenvalue weighted by atomic mass is 10.0. The molecule has 5 rings (SSSR count). The van der Waals surface area contributed by atoms with E-state index in [1.165, 1.54) is 11.8 Å². The monoisotopic (exact) mass is 434 g/mol. The summed E-state index contributed by atoms with van der Waals surface area (Å²) in [6.45, 7) is 5.94. The summed E-state index contributed by atoms with van der Waals surface area (Å²) in [6, 6.07) is 11.9. The molecule has 0 aliphatic heterocycles. The summed E-state index contributed by atoms with van der Waals surface area (Å²) < 4.78 is 1.73. The second kappa shape index (κ2) is 7.33. The van der Waals surface area contributed by atoms with Gasteiger partial charge in [-0.2, -0.15) is 4.98 Å². The molecule has 0 amide bonds. The van der Waals surface area contributed by atoms with Crippen molar-refractivity contribution in [2.75, 3.05) is 0 Å². The van der Waals surface area contributed by atoms with E-state index in [9.17, 15) is 4.79 Å². The van der Waals surface area contributed by atoms with Crippen LogP contribution >= 0.6 is 23.1 Å². The number of nitrogens with zero attached hydrogens (tertiary/aromatic N) is 5. The van der Waals surface area contributed by atoms with E-state index in [1.54, 1.807) is 15.9 Å². The zero-order valence-electron chi connectivity index (χ0n) is 16.6. The van der Waals surface area contributed by atoms with Gasteiger partial charge in [-0.25, -0.2) is 14.5 Å². The molecule has 0 atom stereocenters. The molecule has 0 radical (unpaired) electrons. The molecular weight excluding hydrogens is 416 g/mol. The van der Waals surface area contributed by atoms with Crippen molar-refractivity contribution in [2.24, 2.45) is 0 Å². The van der Waals surface area contributed by atoms with Gasteiger partial charge >= 0.3 is 0 Å². The number of aromatic amines is 1. The van der Waals surface area contributed by atoms with Gasteiger partial charge in [0.15, 0.2) is 0 Å². The van der Waals surface area contributed by atoms with E-state index in [0.29, 0.717) is 27.9 Å². The highest BCUT2D eigenvalue weighted by Crippen LogP contribution is 2.35. The Balaban J connectivity index is 1.48. The van der Waals surface area contributed by atoms with E-state index >= 15 is 0 Å². The summed E-state index contributed by atoms with van der Waals surface area (Å²) in [6.07, 6.45) is 0. The number of rotatable bonds is 4. The maximum atomic E-state index is 12.9. The smallest absolute Gasteiger partial charge is 0.260 e.